The Labute approximate surface area is 141 Å². The fraction of sp³-hybridized carbons (Fsp3) is 0.190. The Balaban J connectivity index is 1.93. The van der Waals surface area contributed by atoms with Gasteiger partial charge in [0.15, 0.2) is 5.78 Å². The van der Waals surface area contributed by atoms with Crippen molar-refractivity contribution >= 4 is 22.4 Å². The number of benzene rings is 2. The normalized spacial score (nSPS) is 17.3. The lowest BCUT2D eigenvalue weighted by Gasteiger charge is -2.18. The zero-order chi connectivity index (χ0) is 16.7. The number of anilines is 1. The van der Waals surface area contributed by atoms with Crippen molar-refractivity contribution in [1.82, 2.24) is 4.98 Å². The number of Topliss-reactive ketones (excluding diaryl/α,β-unsaturated/α-hetero) is 1. The maximum atomic E-state index is 12.4. The first-order chi connectivity index (χ1) is 11.6. The Kier molecular flexibility index (Phi) is 3.49. The van der Waals surface area contributed by atoms with Crippen molar-refractivity contribution < 1.29 is 4.79 Å². The number of fused-ring (bicyclic) bond motifs is 2. The highest BCUT2D eigenvalue weighted by molar-refractivity contribution is 5.98. The molecule has 0 amide bonds. The van der Waals surface area contributed by atoms with Crippen LogP contribution >= 0.6 is 0 Å². The molecule has 1 aliphatic rings. The molecule has 3 aromatic rings. The summed E-state index contributed by atoms with van der Waals surface area (Å²) in [5, 5.41) is 4.63. The lowest BCUT2D eigenvalue weighted by molar-refractivity contribution is -0.113. The van der Waals surface area contributed by atoms with E-state index < -0.39 is 0 Å². The standard InChI is InChI=1S/C21H20N2O/c1-13-21(14(2)24)17(11-15-7-3-5-9-19(15)23-13)18-12-22-20-10-6-4-8-16(18)20/h3-10,12,17,22-23H,11H2,1-2H3. The molecule has 2 aromatic carbocycles. The zero-order valence-electron chi connectivity index (χ0n) is 13.9. The third-order valence-electron chi connectivity index (χ3n) is 4.89. The van der Waals surface area contributed by atoms with Crippen LogP contribution in [-0.4, -0.2) is 10.8 Å². The number of hydrogen-bond donors (Lipinski definition) is 2. The third kappa shape index (κ3) is 2.33. The summed E-state index contributed by atoms with van der Waals surface area (Å²) in [4.78, 5) is 15.8. The minimum absolute atomic E-state index is 0.0507. The Hall–Kier alpha value is -2.81. The molecule has 4 rings (SSSR count). The Morgan fingerprint density at radius 2 is 1.83 bits per heavy atom. The van der Waals surface area contributed by atoms with Crippen LogP contribution in [0.25, 0.3) is 10.9 Å². The molecule has 0 fully saturated rings. The van der Waals surface area contributed by atoms with Crippen molar-refractivity contribution in [2.24, 2.45) is 0 Å². The summed E-state index contributed by atoms with van der Waals surface area (Å²) in [6, 6.07) is 16.6. The predicted octanol–water partition coefficient (Wildman–Crippen LogP) is 4.78. The topological polar surface area (TPSA) is 44.9 Å². The number of aromatic amines is 1. The number of hydrogen-bond acceptors (Lipinski definition) is 2. The lowest BCUT2D eigenvalue weighted by atomic mass is 9.83. The van der Waals surface area contributed by atoms with Gasteiger partial charge in [-0.1, -0.05) is 36.4 Å². The van der Waals surface area contributed by atoms with Gasteiger partial charge in [-0.05, 0) is 43.5 Å². The van der Waals surface area contributed by atoms with Crippen LogP contribution in [-0.2, 0) is 11.2 Å². The average Bonchev–Trinajstić information content (AvgIpc) is 2.92. The lowest BCUT2D eigenvalue weighted by Crippen LogP contribution is -2.13. The second-order valence-corrected chi connectivity index (χ2v) is 6.42. The minimum Gasteiger partial charge on any atom is -0.361 e. The van der Waals surface area contributed by atoms with E-state index in [-0.39, 0.29) is 11.7 Å². The molecule has 3 heteroatoms. The molecule has 0 radical (unpaired) electrons. The summed E-state index contributed by atoms with van der Waals surface area (Å²) in [7, 11) is 0. The van der Waals surface area contributed by atoms with Crippen LogP contribution in [0.5, 0.6) is 0 Å². The molecule has 1 aromatic heterocycles. The molecule has 2 heterocycles. The van der Waals surface area contributed by atoms with E-state index in [0.717, 1.165) is 28.9 Å². The molecule has 0 bridgehead atoms. The SMILES string of the molecule is CC(=O)C1=C(C)Nc2ccccc2CC1c1c[nH]c2ccccc12. The molecule has 0 saturated heterocycles. The fourth-order valence-electron chi connectivity index (χ4n) is 3.83. The Morgan fingerprint density at radius 3 is 2.67 bits per heavy atom. The van der Waals surface area contributed by atoms with E-state index in [1.54, 1.807) is 6.92 Å². The van der Waals surface area contributed by atoms with Gasteiger partial charge in [-0.3, -0.25) is 4.79 Å². The first-order valence-corrected chi connectivity index (χ1v) is 8.28. The van der Waals surface area contributed by atoms with Gasteiger partial charge < -0.3 is 10.3 Å². The second-order valence-electron chi connectivity index (χ2n) is 6.42. The van der Waals surface area contributed by atoms with E-state index in [9.17, 15) is 4.79 Å². The highest BCUT2D eigenvalue weighted by Gasteiger charge is 2.28. The van der Waals surface area contributed by atoms with E-state index >= 15 is 0 Å². The van der Waals surface area contributed by atoms with Gasteiger partial charge in [0.2, 0.25) is 0 Å². The number of para-hydroxylation sites is 2. The maximum absolute atomic E-state index is 12.4. The number of allylic oxidation sites excluding steroid dienone is 2. The molecule has 1 aliphatic heterocycles. The van der Waals surface area contributed by atoms with Gasteiger partial charge in [0.05, 0.1) is 0 Å². The molecule has 2 N–H and O–H groups in total. The van der Waals surface area contributed by atoms with Crippen LogP contribution in [0.15, 0.2) is 66.0 Å². The average molecular weight is 316 g/mol. The summed E-state index contributed by atoms with van der Waals surface area (Å²) in [6.07, 6.45) is 2.87. The van der Waals surface area contributed by atoms with Crippen molar-refractivity contribution in [3.63, 3.8) is 0 Å². The number of carbonyl (C=O) groups is 1. The molecule has 1 unspecified atom stereocenters. The molecule has 24 heavy (non-hydrogen) atoms. The van der Waals surface area contributed by atoms with Gasteiger partial charge in [0, 0.05) is 40.0 Å². The van der Waals surface area contributed by atoms with Crippen LogP contribution in [0.2, 0.25) is 0 Å². The summed E-state index contributed by atoms with van der Waals surface area (Å²) in [5.74, 6) is 0.179. The largest absolute Gasteiger partial charge is 0.361 e. The first kappa shape index (κ1) is 14.8. The van der Waals surface area contributed by atoms with Gasteiger partial charge in [-0.15, -0.1) is 0 Å². The summed E-state index contributed by atoms with van der Waals surface area (Å²) < 4.78 is 0. The number of rotatable bonds is 2. The molecule has 0 aliphatic carbocycles. The van der Waals surface area contributed by atoms with Crippen LogP contribution in [0.3, 0.4) is 0 Å². The highest BCUT2D eigenvalue weighted by Crippen LogP contribution is 2.39. The van der Waals surface area contributed by atoms with Crippen molar-refractivity contribution in [3.8, 4) is 0 Å². The third-order valence-corrected chi connectivity index (χ3v) is 4.89. The van der Waals surface area contributed by atoms with E-state index in [0.29, 0.717) is 0 Å². The summed E-state index contributed by atoms with van der Waals surface area (Å²) in [5.41, 5.74) is 6.45. The smallest absolute Gasteiger partial charge is 0.158 e. The van der Waals surface area contributed by atoms with Crippen molar-refractivity contribution in [3.05, 3.63) is 77.1 Å². The van der Waals surface area contributed by atoms with Gasteiger partial charge in [-0.2, -0.15) is 0 Å². The molecule has 0 spiro atoms. The van der Waals surface area contributed by atoms with Crippen LogP contribution in [0, 0.1) is 0 Å². The molecule has 0 saturated carbocycles. The number of aromatic nitrogens is 1. The van der Waals surface area contributed by atoms with E-state index in [1.807, 2.05) is 25.1 Å². The van der Waals surface area contributed by atoms with Crippen LogP contribution < -0.4 is 5.32 Å². The molecular weight excluding hydrogens is 296 g/mol. The van der Waals surface area contributed by atoms with E-state index in [4.69, 9.17) is 0 Å². The molecule has 120 valence electrons. The number of carbonyl (C=O) groups excluding carboxylic acids is 1. The second kappa shape index (κ2) is 5.68. The molecular formula is C21H20N2O. The summed E-state index contributed by atoms with van der Waals surface area (Å²) in [6.45, 7) is 3.67. The number of nitrogens with one attached hydrogen (secondary N) is 2. The van der Waals surface area contributed by atoms with Crippen molar-refractivity contribution in [2.75, 3.05) is 5.32 Å². The van der Waals surface area contributed by atoms with Gasteiger partial charge in [-0.25, -0.2) is 0 Å². The van der Waals surface area contributed by atoms with Gasteiger partial charge in [0.25, 0.3) is 0 Å². The first-order valence-electron chi connectivity index (χ1n) is 8.28. The highest BCUT2D eigenvalue weighted by atomic mass is 16.1. The Morgan fingerprint density at radius 1 is 1.08 bits per heavy atom. The number of ketones is 1. The van der Waals surface area contributed by atoms with E-state index in [2.05, 4.69) is 46.8 Å². The predicted molar refractivity (Wildman–Crippen MR) is 98.2 cm³/mol. The van der Waals surface area contributed by atoms with Crippen LogP contribution in [0.4, 0.5) is 5.69 Å². The quantitative estimate of drug-likeness (QED) is 0.714. The van der Waals surface area contributed by atoms with Crippen molar-refractivity contribution in [1.29, 1.82) is 0 Å². The number of H-pyrrole nitrogens is 1. The Bertz CT molecular complexity index is 965. The van der Waals surface area contributed by atoms with E-state index in [1.165, 1.54) is 16.5 Å². The van der Waals surface area contributed by atoms with Gasteiger partial charge >= 0.3 is 0 Å². The fourth-order valence-corrected chi connectivity index (χ4v) is 3.83. The maximum Gasteiger partial charge on any atom is 0.158 e. The van der Waals surface area contributed by atoms with Gasteiger partial charge in [0.1, 0.15) is 0 Å². The zero-order valence-corrected chi connectivity index (χ0v) is 13.9. The van der Waals surface area contributed by atoms with Crippen molar-refractivity contribution in [2.45, 2.75) is 26.2 Å². The van der Waals surface area contributed by atoms with Crippen LogP contribution in [0.1, 0.15) is 30.9 Å². The summed E-state index contributed by atoms with van der Waals surface area (Å²) >= 11 is 0. The monoisotopic (exact) mass is 316 g/mol. The molecule has 1 atom stereocenters. The molecule has 3 nitrogen and oxygen atoms in total. The minimum atomic E-state index is 0.0507.